The summed E-state index contributed by atoms with van der Waals surface area (Å²) in [5.74, 6) is 1.47. The highest BCUT2D eigenvalue weighted by atomic mass is 16.5. The summed E-state index contributed by atoms with van der Waals surface area (Å²) in [6.45, 7) is 0. The van der Waals surface area contributed by atoms with Crippen molar-refractivity contribution in [3.63, 3.8) is 0 Å². The van der Waals surface area contributed by atoms with E-state index in [0.717, 1.165) is 43.4 Å². The quantitative estimate of drug-likeness (QED) is 0.838. The second-order valence-electron chi connectivity index (χ2n) is 7.98. The monoisotopic (exact) mass is 327 g/mol. The smallest absolute Gasteiger partial charge is 0.223 e. The Hall–Kier alpha value is -1.51. The summed E-state index contributed by atoms with van der Waals surface area (Å²) in [4.78, 5) is 12.8. The minimum Gasteiger partial charge on any atom is -0.487 e. The van der Waals surface area contributed by atoms with E-state index in [2.05, 4.69) is 23.5 Å². The molecule has 0 aromatic heterocycles. The molecule has 1 aromatic rings. The highest BCUT2D eigenvalue weighted by Gasteiger charge is 2.42. The van der Waals surface area contributed by atoms with Gasteiger partial charge in [-0.3, -0.25) is 4.79 Å². The van der Waals surface area contributed by atoms with Crippen LogP contribution in [-0.2, 0) is 4.79 Å². The molecule has 1 N–H and O–H groups in total. The molecule has 2 aliphatic carbocycles. The van der Waals surface area contributed by atoms with Crippen LogP contribution in [0.1, 0.15) is 82.2 Å². The van der Waals surface area contributed by atoms with Crippen LogP contribution in [0.4, 0.5) is 0 Å². The first kappa shape index (κ1) is 16.0. The van der Waals surface area contributed by atoms with Crippen molar-refractivity contribution < 1.29 is 9.53 Å². The summed E-state index contributed by atoms with van der Waals surface area (Å²) in [5, 5.41) is 3.40. The van der Waals surface area contributed by atoms with E-state index in [1.807, 2.05) is 6.07 Å². The third-order valence-corrected chi connectivity index (χ3v) is 6.25. The van der Waals surface area contributed by atoms with Gasteiger partial charge in [-0.25, -0.2) is 0 Å². The summed E-state index contributed by atoms with van der Waals surface area (Å²) < 4.78 is 6.47. The normalized spacial score (nSPS) is 26.4. The van der Waals surface area contributed by atoms with Gasteiger partial charge in [-0.2, -0.15) is 0 Å². The summed E-state index contributed by atoms with van der Waals surface area (Å²) in [5.41, 5.74) is 1.11. The van der Waals surface area contributed by atoms with Crippen molar-refractivity contribution in [1.82, 2.24) is 5.32 Å². The number of hydrogen-bond acceptors (Lipinski definition) is 2. The first-order valence-electron chi connectivity index (χ1n) is 9.84. The van der Waals surface area contributed by atoms with Gasteiger partial charge in [0.1, 0.15) is 11.4 Å². The fourth-order valence-electron chi connectivity index (χ4n) is 4.90. The predicted molar refractivity (Wildman–Crippen MR) is 95.0 cm³/mol. The van der Waals surface area contributed by atoms with Crippen molar-refractivity contribution in [1.29, 1.82) is 0 Å². The lowest BCUT2D eigenvalue weighted by Crippen LogP contribution is -2.47. The zero-order valence-corrected chi connectivity index (χ0v) is 14.6. The molecule has 3 heteroatoms. The maximum Gasteiger partial charge on any atom is 0.223 e. The fourth-order valence-corrected chi connectivity index (χ4v) is 4.90. The minimum absolute atomic E-state index is 0.0584. The summed E-state index contributed by atoms with van der Waals surface area (Å²) in [6.07, 6.45) is 12.8. The molecule has 0 bridgehead atoms. The topological polar surface area (TPSA) is 38.3 Å². The molecule has 2 fully saturated rings. The Morgan fingerprint density at radius 1 is 1.00 bits per heavy atom. The van der Waals surface area contributed by atoms with Crippen molar-refractivity contribution in [2.45, 2.75) is 82.3 Å². The van der Waals surface area contributed by atoms with Gasteiger partial charge in [0.2, 0.25) is 5.91 Å². The molecule has 3 aliphatic rings. The number of fused-ring (bicyclic) bond motifs is 1. The SMILES string of the molecule is O=C(NC1CC2(CCCCC2)Oc2ccccc21)C1CCCCC1. The highest BCUT2D eigenvalue weighted by molar-refractivity contribution is 5.79. The Morgan fingerprint density at radius 2 is 1.71 bits per heavy atom. The van der Waals surface area contributed by atoms with Gasteiger partial charge < -0.3 is 10.1 Å². The van der Waals surface area contributed by atoms with E-state index in [-0.39, 0.29) is 23.5 Å². The minimum atomic E-state index is -0.0584. The summed E-state index contributed by atoms with van der Waals surface area (Å²) in [6, 6.07) is 8.41. The van der Waals surface area contributed by atoms with Gasteiger partial charge in [0, 0.05) is 17.9 Å². The molecule has 3 nitrogen and oxygen atoms in total. The molecule has 0 radical (unpaired) electrons. The van der Waals surface area contributed by atoms with Crippen LogP contribution in [-0.4, -0.2) is 11.5 Å². The molecule has 0 saturated heterocycles. The van der Waals surface area contributed by atoms with Crippen molar-refractivity contribution in [3.05, 3.63) is 29.8 Å². The third-order valence-electron chi connectivity index (χ3n) is 6.25. The molecule has 1 aromatic carbocycles. The maximum atomic E-state index is 12.8. The van der Waals surface area contributed by atoms with E-state index in [1.165, 1.54) is 38.5 Å². The largest absolute Gasteiger partial charge is 0.487 e. The molecule has 1 heterocycles. The van der Waals surface area contributed by atoms with Gasteiger partial charge in [-0.05, 0) is 44.6 Å². The van der Waals surface area contributed by atoms with Crippen LogP contribution in [0.3, 0.4) is 0 Å². The molecular formula is C21H29NO2. The highest BCUT2D eigenvalue weighted by Crippen LogP contribution is 2.46. The van der Waals surface area contributed by atoms with Gasteiger partial charge in [0.15, 0.2) is 0 Å². The number of carbonyl (C=O) groups excluding carboxylic acids is 1. The van der Waals surface area contributed by atoms with E-state index in [0.29, 0.717) is 0 Å². The number of rotatable bonds is 2. The number of nitrogens with one attached hydrogen (secondary N) is 1. The maximum absolute atomic E-state index is 12.8. The first-order valence-corrected chi connectivity index (χ1v) is 9.84. The number of ether oxygens (including phenoxy) is 1. The van der Waals surface area contributed by atoms with E-state index in [4.69, 9.17) is 4.74 Å². The van der Waals surface area contributed by atoms with Gasteiger partial charge in [0.05, 0.1) is 6.04 Å². The summed E-state index contributed by atoms with van der Waals surface area (Å²) in [7, 11) is 0. The molecule has 1 aliphatic heterocycles. The van der Waals surface area contributed by atoms with Crippen LogP contribution in [0, 0.1) is 5.92 Å². The van der Waals surface area contributed by atoms with Crippen molar-refractivity contribution in [2.24, 2.45) is 5.92 Å². The van der Waals surface area contributed by atoms with Gasteiger partial charge >= 0.3 is 0 Å². The van der Waals surface area contributed by atoms with Crippen molar-refractivity contribution >= 4 is 5.91 Å². The lowest BCUT2D eigenvalue weighted by molar-refractivity contribution is -0.127. The van der Waals surface area contributed by atoms with Gasteiger partial charge in [0.25, 0.3) is 0 Å². The molecule has 2 saturated carbocycles. The molecule has 130 valence electrons. The number of carbonyl (C=O) groups is 1. The fraction of sp³-hybridized carbons (Fsp3) is 0.667. The number of para-hydroxylation sites is 1. The Morgan fingerprint density at radius 3 is 2.50 bits per heavy atom. The van der Waals surface area contributed by atoms with Gasteiger partial charge in [-0.15, -0.1) is 0 Å². The van der Waals surface area contributed by atoms with Crippen LogP contribution >= 0.6 is 0 Å². The van der Waals surface area contributed by atoms with Crippen LogP contribution in [0.25, 0.3) is 0 Å². The molecule has 1 spiro atoms. The zero-order chi connectivity index (χ0) is 16.4. The van der Waals surface area contributed by atoms with Crippen LogP contribution in [0.2, 0.25) is 0 Å². The van der Waals surface area contributed by atoms with E-state index >= 15 is 0 Å². The lowest BCUT2D eigenvalue weighted by atomic mass is 9.77. The standard InChI is InChI=1S/C21H29NO2/c23-20(16-9-3-1-4-10-16)22-18-15-21(13-7-2-8-14-21)24-19-12-6-5-11-17(18)19/h5-6,11-12,16,18H,1-4,7-10,13-15H2,(H,22,23). The number of amides is 1. The summed E-state index contributed by atoms with van der Waals surface area (Å²) >= 11 is 0. The number of benzene rings is 1. The molecule has 24 heavy (non-hydrogen) atoms. The number of hydrogen-bond donors (Lipinski definition) is 1. The third kappa shape index (κ3) is 3.18. The second-order valence-corrected chi connectivity index (χ2v) is 7.98. The lowest BCUT2D eigenvalue weighted by Gasteiger charge is -2.45. The Bertz CT molecular complexity index is 585. The molecule has 4 rings (SSSR count). The Labute approximate surface area is 145 Å². The van der Waals surface area contributed by atoms with E-state index in [1.54, 1.807) is 0 Å². The van der Waals surface area contributed by atoms with Crippen molar-refractivity contribution in [3.8, 4) is 5.75 Å². The zero-order valence-electron chi connectivity index (χ0n) is 14.6. The molecule has 1 atom stereocenters. The average Bonchev–Trinajstić information content (AvgIpc) is 2.63. The van der Waals surface area contributed by atoms with Crippen LogP contribution < -0.4 is 10.1 Å². The average molecular weight is 327 g/mol. The first-order chi connectivity index (χ1) is 11.8. The Kier molecular flexibility index (Phi) is 4.51. The second kappa shape index (κ2) is 6.78. The van der Waals surface area contributed by atoms with E-state index in [9.17, 15) is 4.79 Å². The van der Waals surface area contributed by atoms with Crippen LogP contribution in [0.5, 0.6) is 5.75 Å². The molecule has 1 unspecified atom stereocenters. The van der Waals surface area contributed by atoms with E-state index < -0.39 is 0 Å². The molecular weight excluding hydrogens is 298 g/mol. The Balaban J connectivity index is 1.55. The van der Waals surface area contributed by atoms with Gasteiger partial charge in [-0.1, -0.05) is 43.9 Å². The van der Waals surface area contributed by atoms with Crippen molar-refractivity contribution in [2.75, 3.05) is 0 Å². The van der Waals surface area contributed by atoms with Crippen LogP contribution in [0.15, 0.2) is 24.3 Å². The predicted octanol–water partition coefficient (Wildman–Crippen LogP) is 4.91. The molecule has 1 amide bonds.